The van der Waals surface area contributed by atoms with Gasteiger partial charge in [-0.05, 0) is 47.5 Å². The third-order valence-corrected chi connectivity index (χ3v) is 4.55. The smallest absolute Gasteiger partial charge is 0.251 e. The molecule has 0 saturated heterocycles. The van der Waals surface area contributed by atoms with Gasteiger partial charge in [0.1, 0.15) is 5.82 Å². The lowest BCUT2D eigenvalue weighted by atomic mass is 10.2. The zero-order chi connectivity index (χ0) is 19.3. The molecule has 7 heteroatoms. The van der Waals surface area contributed by atoms with E-state index in [1.807, 2.05) is 42.5 Å². The number of hydrogen-bond donors (Lipinski definition) is 2. The van der Waals surface area contributed by atoms with Crippen molar-refractivity contribution in [3.8, 4) is 11.5 Å². The number of amides is 1. The van der Waals surface area contributed by atoms with Gasteiger partial charge >= 0.3 is 0 Å². The Hall–Kier alpha value is -3.25. The van der Waals surface area contributed by atoms with Gasteiger partial charge in [0.2, 0.25) is 6.79 Å². The number of ether oxygens (including phenoxy) is 2. The lowest BCUT2D eigenvalue weighted by Gasteiger charge is -2.09. The summed E-state index contributed by atoms with van der Waals surface area (Å²) >= 11 is 5.90. The first-order valence-electron chi connectivity index (χ1n) is 8.78. The summed E-state index contributed by atoms with van der Waals surface area (Å²) in [5.41, 5.74) is 2.55. The van der Waals surface area contributed by atoms with Crippen molar-refractivity contribution in [3.63, 3.8) is 0 Å². The summed E-state index contributed by atoms with van der Waals surface area (Å²) in [4.78, 5) is 16.7. The maximum absolute atomic E-state index is 12.5. The average Bonchev–Trinajstić information content (AvgIpc) is 3.20. The average molecular weight is 396 g/mol. The summed E-state index contributed by atoms with van der Waals surface area (Å²) in [7, 11) is 0. The van der Waals surface area contributed by atoms with Gasteiger partial charge in [-0.1, -0.05) is 29.8 Å². The number of nitrogens with zero attached hydrogens (tertiary/aromatic N) is 1. The van der Waals surface area contributed by atoms with Gasteiger partial charge in [0, 0.05) is 29.9 Å². The van der Waals surface area contributed by atoms with Crippen LogP contribution in [0.5, 0.6) is 11.5 Å². The van der Waals surface area contributed by atoms with E-state index < -0.39 is 0 Å². The zero-order valence-corrected chi connectivity index (χ0v) is 15.7. The van der Waals surface area contributed by atoms with Gasteiger partial charge in [0.05, 0.1) is 0 Å². The molecule has 2 aromatic carbocycles. The summed E-state index contributed by atoms with van der Waals surface area (Å²) in [6, 6.07) is 16.6. The van der Waals surface area contributed by atoms with Gasteiger partial charge in [0.15, 0.2) is 11.5 Å². The fraction of sp³-hybridized carbons (Fsp3) is 0.143. The molecular weight excluding hydrogens is 378 g/mol. The molecule has 1 amide bonds. The molecule has 2 heterocycles. The molecule has 28 heavy (non-hydrogen) atoms. The second kappa shape index (κ2) is 8.19. The first-order valence-corrected chi connectivity index (χ1v) is 9.16. The Morgan fingerprint density at radius 2 is 1.75 bits per heavy atom. The standard InChI is InChI=1S/C21H18ClN3O3/c22-17-4-1-14(2-5-17)11-24-20-10-16(7-8-23-20)21(26)25-12-15-3-6-18-19(9-15)28-13-27-18/h1-10H,11-13H2,(H,23,24)(H,25,26). The number of benzene rings is 2. The van der Waals surface area contributed by atoms with Crippen LogP contribution in [-0.2, 0) is 13.1 Å². The van der Waals surface area contributed by atoms with Crippen molar-refractivity contribution in [2.24, 2.45) is 0 Å². The zero-order valence-electron chi connectivity index (χ0n) is 14.9. The van der Waals surface area contributed by atoms with Crippen molar-refractivity contribution in [2.45, 2.75) is 13.1 Å². The summed E-state index contributed by atoms with van der Waals surface area (Å²) < 4.78 is 10.6. The minimum atomic E-state index is -0.172. The first-order chi connectivity index (χ1) is 13.7. The number of fused-ring (bicyclic) bond motifs is 1. The molecule has 2 N–H and O–H groups in total. The summed E-state index contributed by atoms with van der Waals surface area (Å²) in [5.74, 6) is 1.88. The number of rotatable bonds is 6. The molecule has 3 aromatic rings. The van der Waals surface area contributed by atoms with Crippen LogP contribution in [0.1, 0.15) is 21.5 Å². The van der Waals surface area contributed by atoms with Crippen molar-refractivity contribution in [2.75, 3.05) is 12.1 Å². The number of pyridine rings is 1. The van der Waals surface area contributed by atoms with E-state index in [1.165, 1.54) is 0 Å². The van der Waals surface area contributed by atoms with E-state index in [2.05, 4.69) is 15.6 Å². The van der Waals surface area contributed by atoms with Gasteiger partial charge in [-0.15, -0.1) is 0 Å². The van der Waals surface area contributed by atoms with E-state index in [9.17, 15) is 4.79 Å². The lowest BCUT2D eigenvalue weighted by Crippen LogP contribution is -2.23. The first kappa shape index (κ1) is 18.1. The molecule has 1 aliphatic heterocycles. The van der Waals surface area contributed by atoms with Crippen LogP contribution in [0.15, 0.2) is 60.8 Å². The highest BCUT2D eigenvalue weighted by Crippen LogP contribution is 2.32. The van der Waals surface area contributed by atoms with Gasteiger partial charge in [0.25, 0.3) is 5.91 Å². The highest BCUT2D eigenvalue weighted by molar-refractivity contribution is 6.30. The fourth-order valence-electron chi connectivity index (χ4n) is 2.80. The Kier molecular flexibility index (Phi) is 5.30. The molecule has 142 valence electrons. The van der Waals surface area contributed by atoms with Crippen molar-refractivity contribution >= 4 is 23.3 Å². The van der Waals surface area contributed by atoms with E-state index in [0.717, 1.165) is 16.9 Å². The maximum Gasteiger partial charge on any atom is 0.251 e. The van der Waals surface area contributed by atoms with E-state index in [-0.39, 0.29) is 12.7 Å². The molecule has 6 nitrogen and oxygen atoms in total. The molecule has 0 radical (unpaired) electrons. The van der Waals surface area contributed by atoms with Gasteiger partial charge < -0.3 is 20.1 Å². The van der Waals surface area contributed by atoms with E-state index in [4.69, 9.17) is 21.1 Å². The highest BCUT2D eigenvalue weighted by Gasteiger charge is 2.14. The topological polar surface area (TPSA) is 72.5 Å². The molecular formula is C21H18ClN3O3. The molecule has 1 aliphatic rings. The van der Waals surface area contributed by atoms with Crippen LogP contribution in [0.4, 0.5) is 5.82 Å². The number of nitrogens with one attached hydrogen (secondary N) is 2. The van der Waals surface area contributed by atoms with Gasteiger partial charge in [-0.25, -0.2) is 4.98 Å². The third-order valence-electron chi connectivity index (χ3n) is 4.30. The number of halogens is 1. The van der Waals surface area contributed by atoms with E-state index in [1.54, 1.807) is 18.3 Å². The lowest BCUT2D eigenvalue weighted by molar-refractivity contribution is 0.0950. The Labute approximate surface area is 167 Å². The number of aromatic nitrogens is 1. The summed E-state index contributed by atoms with van der Waals surface area (Å²) in [5, 5.41) is 6.82. The Morgan fingerprint density at radius 1 is 0.964 bits per heavy atom. The number of anilines is 1. The second-order valence-electron chi connectivity index (χ2n) is 6.28. The number of carbonyl (C=O) groups excluding carboxylic acids is 1. The van der Waals surface area contributed by atoms with Crippen LogP contribution < -0.4 is 20.1 Å². The van der Waals surface area contributed by atoms with Crippen LogP contribution in [0, 0.1) is 0 Å². The van der Waals surface area contributed by atoms with Crippen molar-refractivity contribution in [3.05, 3.63) is 82.5 Å². The van der Waals surface area contributed by atoms with Crippen LogP contribution in [-0.4, -0.2) is 17.7 Å². The van der Waals surface area contributed by atoms with Gasteiger partial charge in [-0.2, -0.15) is 0 Å². The van der Waals surface area contributed by atoms with Gasteiger partial charge in [-0.3, -0.25) is 4.79 Å². The normalized spacial score (nSPS) is 11.9. The van der Waals surface area contributed by atoms with E-state index >= 15 is 0 Å². The molecule has 0 fully saturated rings. The largest absolute Gasteiger partial charge is 0.454 e. The minimum absolute atomic E-state index is 0.172. The Balaban J connectivity index is 1.35. The molecule has 4 rings (SSSR count). The summed E-state index contributed by atoms with van der Waals surface area (Å²) in [6.07, 6.45) is 1.61. The molecule has 0 aliphatic carbocycles. The highest BCUT2D eigenvalue weighted by atomic mass is 35.5. The molecule has 1 aromatic heterocycles. The SMILES string of the molecule is O=C(NCc1ccc2c(c1)OCO2)c1ccnc(NCc2ccc(Cl)cc2)c1. The predicted molar refractivity (Wildman–Crippen MR) is 107 cm³/mol. The fourth-order valence-corrected chi connectivity index (χ4v) is 2.92. The molecule has 0 saturated carbocycles. The maximum atomic E-state index is 12.5. The van der Waals surface area contributed by atoms with Crippen molar-refractivity contribution in [1.82, 2.24) is 10.3 Å². The molecule has 0 spiro atoms. The van der Waals surface area contributed by atoms with Crippen molar-refractivity contribution in [1.29, 1.82) is 0 Å². The van der Waals surface area contributed by atoms with Crippen LogP contribution in [0.3, 0.4) is 0 Å². The molecule has 0 bridgehead atoms. The summed E-state index contributed by atoms with van der Waals surface area (Å²) in [6.45, 7) is 1.21. The predicted octanol–water partition coefficient (Wildman–Crippen LogP) is 4.01. The minimum Gasteiger partial charge on any atom is -0.454 e. The molecule has 0 atom stereocenters. The van der Waals surface area contributed by atoms with Crippen LogP contribution in [0.2, 0.25) is 5.02 Å². The number of hydrogen-bond acceptors (Lipinski definition) is 5. The van der Waals surface area contributed by atoms with Crippen LogP contribution >= 0.6 is 11.6 Å². The molecule has 0 unspecified atom stereocenters. The monoisotopic (exact) mass is 395 g/mol. The number of carbonyl (C=O) groups is 1. The Morgan fingerprint density at radius 3 is 2.61 bits per heavy atom. The van der Waals surface area contributed by atoms with E-state index in [0.29, 0.717) is 35.2 Å². The second-order valence-corrected chi connectivity index (χ2v) is 6.72. The third kappa shape index (κ3) is 4.35. The Bertz CT molecular complexity index is 992. The van der Waals surface area contributed by atoms with Crippen LogP contribution in [0.25, 0.3) is 0 Å². The van der Waals surface area contributed by atoms with Crippen molar-refractivity contribution < 1.29 is 14.3 Å². The quantitative estimate of drug-likeness (QED) is 0.659.